The van der Waals surface area contributed by atoms with Crippen LogP contribution >= 0.6 is 23.1 Å². The molecule has 2 bridgehead atoms. The van der Waals surface area contributed by atoms with Gasteiger partial charge in [0.05, 0.1) is 24.0 Å². The van der Waals surface area contributed by atoms with Gasteiger partial charge in [-0.1, -0.05) is 56.4 Å². The number of benzene rings is 2. The molecule has 2 aliphatic carbocycles. The van der Waals surface area contributed by atoms with Crippen molar-refractivity contribution in [3.63, 3.8) is 0 Å². The van der Waals surface area contributed by atoms with E-state index in [1.165, 1.54) is 21.8 Å². The molecule has 8 nitrogen and oxygen atoms in total. The summed E-state index contributed by atoms with van der Waals surface area (Å²) in [4.78, 5) is 59.0. The van der Waals surface area contributed by atoms with Gasteiger partial charge in [-0.2, -0.15) is 0 Å². The number of nitrogens with one attached hydrogen (secondary N) is 2. The van der Waals surface area contributed by atoms with Gasteiger partial charge in [-0.15, -0.1) is 11.8 Å². The first kappa shape index (κ1) is 28.4. The van der Waals surface area contributed by atoms with Crippen LogP contribution in [-0.4, -0.2) is 46.0 Å². The third-order valence-electron chi connectivity index (χ3n) is 10.0. The van der Waals surface area contributed by atoms with E-state index in [4.69, 9.17) is 4.74 Å². The molecule has 0 spiro atoms. The van der Waals surface area contributed by atoms with Crippen molar-refractivity contribution >= 4 is 46.5 Å². The lowest BCUT2D eigenvalue weighted by Crippen LogP contribution is -2.46. The Labute approximate surface area is 258 Å². The van der Waals surface area contributed by atoms with Gasteiger partial charge < -0.3 is 15.0 Å². The van der Waals surface area contributed by atoms with Crippen molar-refractivity contribution in [3.05, 3.63) is 74.2 Å². The van der Waals surface area contributed by atoms with Crippen LogP contribution in [-0.2, 0) is 19.8 Å². The number of methoxy groups -OCH3 is 1. The molecule has 0 radical (unpaired) electrons. The molecule has 8 unspecified atom stereocenters. The Bertz CT molecular complexity index is 1670. The number of H-pyrrole nitrogens is 1. The Morgan fingerprint density at radius 3 is 2.28 bits per heavy atom. The van der Waals surface area contributed by atoms with E-state index in [2.05, 4.69) is 55.3 Å². The maximum Gasteiger partial charge on any atom is 0.305 e. The van der Waals surface area contributed by atoms with Crippen molar-refractivity contribution in [2.45, 2.75) is 61.8 Å². The molecule has 8 atom stereocenters. The van der Waals surface area contributed by atoms with Gasteiger partial charge in [0.25, 0.3) is 0 Å². The molecule has 3 heterocycles. The molecule has 10 heteroatoms. The van der Waals surface area contributed by atoms with Crippen LogP contribution in [0.15, 0.2) is 58.4 Å². The standard InChI is InChI=1S/C33H35N3O5S2/c1-15(28(37)34-18-10-12-19(41-5)13-11-18)36-30(38)24-20-14-21(25(24)31(36)39)26-23(20)22(27-29(42-26)35-32(40)43-27)16-6-8-17(9-7-16)33(2,3)4/h6-13,15,20-26H,14H2,1-5H3,(H,34,37)(H,35,40). The van der Waals surface area contributed by atoms with E-state index in [-0.39, 0.29) is 51.0 Å². The fourth-order valence-electron chi connectivity index (χ4n) is 8.02. The molecule has 43 heavy (non-hydrogen) atoms. The molecule has 7 rings (SSSR count). The van der Waals surface area contributed by atoms with E-state index < -0.39 is 23.8 Å². The van der Waals surface area contributed by atoms with E-state index in [1.54, 1.807) is 50.1 Å². The number of ether oxygens (including phenoxy) is 1. The molecular weight excluding hydrogens is 583 g/mol. The average molecular weight is 618 g/mol. The summed E-state index contributed by atoms with van der Waals surface area (Å²) in [6.45, 7) is 8.19. The summed E-state index contributed by atoms with van der Waals surface area (Å²) >= 11 is 2.94. The molecule has 2 aliphatic heterocycles. The number of likely N-dealkylation sites (tertiary alicyclic amines) is 1. The Morgan fingerprint density at radius 2 is 1.65 bits per heavy atom. The fourth-order valence-corrected chi connectivity index (χ4v) is 10.9. The number of amides is 3. The monoisotopic (exact) mass is 617 g/mol. The first-order valence-electron chi connectivity index (χ1n) is 14.8. The van der Waals surface area contributed by atoms with Crippen LogP contribution < -0.4 is 14.9 Å². The molecule has 3 fully saturated rings. The van der Waals surface area contributed by atoms with Crippen molar-refractivity contribution in [3.8, 4) is 5.75 Å². The van der Waals surface area contributed by atoms with Gasteiger partial charge in [0.15, 0.2) is 0 Å². The summed E-state index contributed by atoms with van der Waals surface area (Å²) in [5.74, 6) is -0.975. The van der Waals surface area contributed by atoms with E-state index in [9.17, 15) is 19.2 Å². The Morgan fingerprint density at radius 1 is 1.00 bits per heavy atom. The van der Waals surface area contributed by atoms with Gasteiger partial charge in [-0.3, -0.25) is 24.1 Å². The molecule has 3 amide bonds. The highest BCUT2D eigenvalue weighted by atomic mass is 32.2. The minimum Gasteiger partial charge on any atom is -0.497 e. The van der Waals surface area contributed by atoms with Crippen LogP contribution in [0.25, 0.3) is 0 Å². The molecule has 1 saturated heterocycles. The topological polar surface area (TPSA) is 109 Å². The van der Waals surface area contributed by atoms with Crippen LogP contribution in [0.3, 0.4) is 0 Å². The predicted molar refractivity (Wildman–Crippen MR) is 167 cm³/mol. The molecule has 2 N–H and O–H groups in total. The number of nitrogens with zero attached hydrogens (tertiary/aromatic N) is 1. The molecule has 2 saturated carbocycles. The minimum absolute atomic E-state index is 0.00319. The Kier molecular flexibility index (Phi) is 6.66. The summed E-state index contributed by atoms with van der Waals surface area (Å²) in [5, 5.41) is 3.85. The van der Waals surface area contributed by atoms with Crippen LogP contribution in [0, 0.1) is 29.6 Å². The second-order valence-electron chi connectivity index (χ2n) is 13.3. The van der Waals surface area contributed by atoms with E-state index in [0.717, 1.165) is 21.9 Å². The van der Waals surface area contributed by atoms with Crippen LogP contribution in [0.1, 0.15) is 56.0 Å². The van der Waals surface area contributed by atoms with Crippen molar-refractivity contribution in [2.24, 2.45) is 29.6 Å². The van der Waals surface area contributed by atoms with Gasteiger partial charge in [0.1, 0.15) is 11.8 Å². The molecule has 2 aromatic carbocycles. The predicted octanol–water partition coefficient (Wildman–Crippen LogP) is 5.24. The number of hydrogen-bond donors (Lipinski definition) is 2. The summed E-state index contributed by atoms with van der Waals surface area (Å²) in [6.07, 6.45) is 0.811. The number of carbonyl (C=O) groups is 3. The van der Waals surface area contributed by atoms with Gasteiger partial charge in [-0.25, -0.2) is 0 Å². The van der Waals surface area contributed by atoms with Crippen LogP contribution in [0.5, 0.6) is 5.75 Å². The Hall–Kier alpha value is -3.37. The number of imide groups is 1. The molecular formula is C33H35N3O5S2. The number of fused-ring (bicyclic) bond motifs is 9. The molecule has 4 aliphatic rings. The quantitative estimate of drug-likeness (QED) is 0.379. The van der Waals surface area contributed by atoms with Crippen LogP contribution in [0.4, 0.5) is 5.69 Å². The molecule has 224 valence electrons. The van der Waals surface area contributed by atoms with E-state index in [0.29, 0.717) is 11.4 Å². The lowest BCUT2D eigenvalue weighted by Gasteiger charge is -2.43. The van der Waals surface area contributed by atoms with Gasteiger partial charge in [0, 0.05) is 21.7 Å². The Balaban J connectivity index is 1.19. The molecule has 1 aromatic heterocycles. The van der Waals surface area contributed by atoms with Gasteiger partial charge in [0.2, 0.25) is 17.7 Å². The number of thiazole rings is 1. The summed E-state index contributed by atoms with van der Waals surface area (Å²) in [5.41, 5.74) is 2.97. The van der Waals surface area contributed by atoms with Crippen molar-refractivity contribution in [2.75, 3.05) is 12.4 Å². The number of aromatic amines is 1. The minimum atomic E-state index is -0.930. The number of carbonyl (C=O) groups excluding carboxylic acids is 3. The first-order chi connectivity index (χ1) is 20.5. The third kappa shape index (κ3) is 4.39. The van der Waals surface area contributed by atoms with Gasteiger partial charge >= 0.3 is 4.87 Å². The van der Waals surface area contributed by atoms with Crippen molar-refractivity contribution in [1.29, 1.82) is 0 Å². The SMILES string of the molecule is COc1ccc(NC(=O)C(C)N2C(=O)C3C4CC(C3C2=O)C2C(c3ccc(C(C)(C)C)cc3)c3sc(=O)[nH]c3SC42)cc1. The van der Waals surface area contributed by atoms with E-state index in [1.807, 2.05) is 0 Å². The lowest BCUT2D eigenvalue weighted by molar-refractivity contribution is -0.146. The number of aromatic nitrogens is 1. The summed E-state index contributed by atoms with van der Waals surface area (Å²) in [6, 6.07) is 14.7. The largest absolute Gasteiger partial charge is 0.497 e. The van der Waals surface area contributed by atoms with Crippen molar-refractivity contribution < 1.29 is 19.1 Å². The fraction of sp³-hybridized carbons (Fsp3) is 0.455. The first-order valence-corrected chi connectivity index (χ1v) is 16.5. The van der Waals surface area contributed by atoms with Gasteiger partial charge in [-0.05, 0) is 71.9 Å². The zero-order valence-corrected chi connectivity index (χ0v) is 26.4. The maximum absolute atomic E-state index is 14.0. The van der Waals surface area contributed by atoms with Crippen LogP contribution in [0.2, 0.25) is 0 Å². The maximum atomic E-state index is 14.0. The average Bonchev–Trinajstić information content (AvgIpc) is 3.71. The third-order valence-corrected chi connectivity index (χ3v) is 12.6. The normalized spacial score (nSPS) is 29.7. The number of anilines is 1. The second kappa shape index (κ2) is 10.1. The highest BCUT2D eigenvalue weighted by Crippen LogP contribution is 2.68. The summed E-state index contributed by atoms with van der Waals surface area (Å²) < 4.78 is 5.19. The number of hydrogen-bond acceptors (Lipinski definition) is 7. The zero-order valence-electron chi connectivity index (χ0n) is 24.7. The summed E-state index contributed by atoms with van der Waals surface area (Å²) in [7, 11) is 1.57. The van der Waals surface area contributed by atoms with Crippen molar-refractivity contribution in [1.82, 2.24) is 9.88 Å². The highest BCUT2D eigenvalue weighted by molar-refractivity contribution is 8.00. The molecule has 3 aromatic rings. The zero-order chi connectivity index (χ0) is 30.4. The number of rotatable bonds is 5. The van der Waals surface area contributed by atoms with E-state index >= 15 is 0 Å². The lowest BCUT2D eigenvalue weighted by atomic mass is 9.68. The highest BCUT2D eigenvalue weighted by Gasteiger charge is 2.70. The second-order valence-corrected chi connectivity index (χ2v) is 15.5. The number of thioether (sulfide) groups is 1. The smallest absolute Gasteiger partial charge is 0.305 e.